The summed E-state index contributed by atoms with van der Waals surface area (Å²) in [5.41, 5.74) is 0.618. The van der Waals surface area contributed by atoms with Crippen LogP contribution >= 0.6 is 0 Å². The number of hydrogen-bond donors (Lipinski definition) is 0. The average molecular weight is 110 g/mol. The van der Waals surface area contributed by atoms with Crippen LogP contribution in [0.3, 0.4) is 0 Å². The minimum atomic E-state index is 0.618. The molecule has 0 aliphatic rings. The van der Waals surface area contributed by atoms with E-state index in [0.717, 1.165) is 4.73 Å². The Hall–Kier alpha value is -1.12. The minimum Gasteiger partial charge on any atom is -0.618 e. The minimum absolute atomic E-state index is 0.618. The Morgan fingerprint density at radius 1 is 1.75 bits per heavy atom. The van der Waals surface area contributed by atoms with Crippen LogP contribution in [-0.4, -0.2) is 4.98 Å². The molecule has 0 saturated carbocycles. The highest BCUT2D eigenvalue weighted by Gasteiger charge is 1.90. The van der Waals surface area contributed by atoms with Gasteiger partial charge in [0.15, 0.2) is 6.20 Å². The molecule has 1 rings (SSSR count). The topological polar surface area (TPSA) is 39.8 Å². The van der Waals surface area contributed by atoms with Crippen molar-refractivity contribution in [1.29, 1.82) is 0 Å². The second kappa shape index (κ2) is 1.78. The first-order valence-corrected chi connectivity index (χ1v) is 2.30. The molecule has 0 bridgehead atoms. The van der Waals surface area contributed by atoms with E-state index < -0.39 is 0 Å². The van der Waals surface area contributed by atoms with Gasteiger partial charge >= 0.3 is 0 Å². The van der Waals surface area contributed by atoms with Crippen molar-refractivity contribution in [2.24, 2.45) is 0 Å². The summed E-state index contributed by atoms with van der Waals surface area (Å²) in [4.78, 5) is 3.72. The summed E-state index contributed by atoms with van der Waals surface area (Å²) >= 11 is 0. The SMILES string of the molecule is Cc1cncc[n+]1[O-]. The first-order chi connectivity index (χ1) is 3.80. The fourth-order valence-electron chi connectivity index (χ4n) is 0.424. The van der Waals surface area contributed by atoms with Crippen LogP contribution in [0, 0.1) is 12.1 Å². The molecule has 0 fully saturated rings. The summed E-state index contributed by atoms with van der Waals surface area (Å²) in [6.45, 7) is 1.71. The average Bonchev–Trinajstić information content (AvgIpc) is 1.77. The van der Waals surface area contributed by atoms with Gasteiger partial charge in [0.25, 0.3) is 0 Å². The maximum atomic E-state index is 10.5. The van der Waals surface area contributed by atoms with Crippen LogP contribution < -0.4 is 4.73 Å². The molecule has 0 aliphatic heterocycles. The van der Waals surface area contributed by atoms with E-state index in [9.17, 15) is 5.21 Å². The van der Waals surface area contributed by atoms with E-state index in [1.165, 1.54) is 18.6 Å². The smallest absolute Gasteiger partial charge is 0.207 e. The van der Waals surface area contributed by atoms with Gasteiger partial charge in [-0.3, -0.25) is 4.98 Å². The molecule has 0 N–H and O–H groups in total. The Bertz CT molecular complexity index is 167. The summed E-state index contributed by atoms with van der Waals surface area (Å²) in [6, 6.07) is 0. The zero-order valence-electron chi connectivity index (χ0n) is 4.53. The van der Waals surface area contributed by atoms with Gasteiger partial charge in [-0.2, -0.15) is 4.73 Å². The van der Waals surface area contributed by atoms with Gasteiger partial charge in [-0.1, -0.05) is 0 Å². The molecule has 3 heteroatoms. The molecular weight excluding hydrogens is 104 g/mol. The summed E-state index contributed by atoms with van der Waals surface area (Å²) in [5, 5.41) is 10.5. The molecule has 1 aromatic rings. The molecule has 0 atom stereocenters. The molecule has 8 heavy (non-hydrogen) atoms. The number of rotatable bonds is 0. The van der Waals surface area contributed by atoms with Crippen LogP contribution in [0.25, 0.3) is 0 Å². The van der Waals surface area contributed by atoms with Gasteiger partial charge in [0.1, 0.15) is 0 Å². The lowest BCUT2D eigenvalue weighted by Crippen LogP contribution is -2.28. The van der Waals surface area contributed by atoms with E-state index in [1.54, 1.807) is 6.92 Å². The maximum Gasteiger partial charge on any atom is 0.207 e. The highest BCUT2D eigenvalue weighted by atomic mass is 16.5. The van der Waals surface area contributed by atoms with Crippen molar-refractivity contribution in [1.82, 2.24) is 4.98 Å². The predicted molar refractivity (Wildman–Crippen MR) is 27.9 cm³/mol. The highest BCUT2D eigenvalue weighted by Crippen LogP contribution is 1.78. The van der Waals surface area contributed by atoms with Crippen LogP contribution in [0.2, 0.25) is 0 Å². The van der Waals surface area contributed by atoms with Gasteiger partial charge < -0.3 is 5.21 Å². The molecule has 0 aliphatic carbocycles. The maximum absolute atomic E-state index is 10.5. The summed E-state index contributed by atoms with van der Waals surface area (Å²) in [5.74, 6) is 0. The third-order valence-electron chi connectivity index (χ3n) is 0.897. The van der Waals surface area contributed by atoms with Crippen LogP contribution in [0.4, 0.5) is 0 Å². The molecule has 0 amide bonds. The molecule has 0 radical (unpaired) electrons. The lowest BCUT2D eigenvalue weighted by atomic mass is 10.5. The summed E-state index contributed by atoms with van der Waals surface area (Å²) < 4.78 is 0.771. The molecule has 1 heterocycles. The molecule has 0 aromatic carbocycles. The van der Waals surface area contributed by atoms with Crippen molar-refractivity contribution >= 4 is 0 Å². The number of aromatic nitrogens is 2. The van der Waals surface area contributed by atoms with Gasteiger partial charge in [0.2, 0.25) is 5.69 Å². The number of nitrogens with zero attached hydrogens (tertiary/aromatic N) is 2. The largest absolute Gasteiger partial charge is 0.618 e. The monoisotopic (exact) mass is 110 g/mol. The van der Waals surface area contributed by atoms with Gasteiger partial charge in [-0.15, -0.1) is 0 Å². The van der Waals surface area contributed by atoms with Crippen LogP contribution in [-0.2, 0) is 0 Å². The summed E-state index contributed by atoms with van der Waals surface area (Å²) in [7, 11) is 0. The van der Waals surface area contributed by atoms with Gasteiger partial charge in [0, 0.05) is 6.92 Å². The van der Waals surface area contributed by atoms with Crippen LogP contribution in [0.15, 0.2) is 18.6 Å². The van der Waals surface area contributed by atoms with Crippen molar-refractivity contribution in [2.45, 2.75) is 6.92 Å². The lowest BCUT2D eigenvalue weighted by molar-refractivity contribution is -0.612. The first-order valence-electron chi connectivity index (χ1n) is 2.30. The summed E-state index contributed by atoms with van der Waals surface area (Å²) in [6.07, 6.45) is 4.35. The number of aryl methyl sites for hydroxylation is 1. The van der Waals surface area contributed by atoms with Gasteiger partial charge in [0.05, 0.1) is 12.4 Å². The quantitative estimate of drug-likeness (QED) is 0.349. The predicted octanol–water partition coefficient (Wildman–Crippen LogP) is 0.0234. The van der Waals surface area contributed by atoms with E-state index >= 15 is 0 Å². The molecule has 1 aromatic heterocycles. The third-order valence-corrected chi connectivity index (χ3v) is 0.897. The molecular formula is C5H6N2O. The van der Waals surface area contributed by atoms with Crippen molar-refractivity contribution in [3.8, 4) is 0 Å². The van der Waals surface area contributed by atoms with Gasteiger partial charge in [-0.25, -0.2) is 0 Å². The zero-order valence-corrected chi connectivity index (χ0v) is 4.53. The lowest BCUT2D eigenvalue weighted by Gasteiger charge is -1.94. The van der Waals surface area contributed by atoms with Crippen LogP contribution in [0.5, 0.6) is 0 Å². The second-order valence-corrected chi connectivity index (χ2v) is 1.54. The normalized spacial score (nSPS) is 9.12. The first kappa shape index (κ1) is 5.03. The van der Waals surface area contributed by atoms with E-state index in [-0.39, 0.29) is 0 Å². The van der Waals surface area contributed by atoms with E-state index in [0.29, 0.717) is 5.69 Å². The zero-order chi connectivity index (χ0) is 5.98. The Kier molecular flexibility index (Phi) is 1.12. The second-order valence-electron chi connectivity index (χ2n) is 1.54. The Morgan fingerprint density at radius 3 is 2.88 bits per heavy atom. The Morgan fingerprint density at radius 2 is 2.50 bits per heavy atom. The van der Waals surface area contributed by atoms with E-state index in [2.05, 4.69) is 4.98 Å². The molecule has 0 unspecified atom stereocenters. The van der Waals surface area contributed by atoms with E-state index in [4.69, 9.17) is 0 Å². The Balaban J connectivity index is 3.13. The highest BCUT2D eigenvalue weighted by molar-refractivity contribution is 4.81. The molecule has 0 saturated heterocycles. The van der Waals surface area contributed by atoms with Crippen molar-refractivity contribution < 1.29 is 4.73 Å². The fraction of sp³-hybridized carbons (Fsp3) is 0.200. The molecule has 0 spiro atoms. The molecule has 42 valence electrons. The van der Waals surface area contributed by atoms with Crippen molar-refractivity contribution in [3.63, 3.8) is 0 Å². The van der Waals surface area contributed by atoms with Gasteiger partial charge in [-0.05, 0) is 0 Å². The Labute approximate surface area is 47.2 Å². The fourth-order valence-corrected chi connectivity index (χ4v) is 0.424. The van der Waals surface area contributed by atoms with Crippen molar-refractivity contribution in [2.75, 3.05) is 0 Å². The third kappa shape index (κ3) is 0.753. The van der Waals surface area contributed by atoms with Crippen molar-refractivity contribution in [3.05, 3.63) is 29.5 Å². The van der Waals surface area contributed by atoms with Crippen LogP contribution in [0.1, 0.15) is 5.69 Å². The van der Waals surface area contributed by atoms with E-state index in [1.807, 2.05) is 0 Å². The standard InChI is InChI=1S/C5H6N2O/c1-5-4-6-2-3-7(5)8/h2-4H,1H3. The molecule has 3 nitrogen and oxygen atoms in total. The number of hydrogen-bond acceptors (Lipinski definition) is 2.